The van der Waals surface area contributed by atoms with Gasteiger partial charge >= 0.3 is 0 Å². The summed E-state index contributed by atoms with van der Waals surface area (Å²) < 4.78 is 0. The van der Waals surface area contributed by atoms with Crippen molar-refractivity contribution in [3.8, 4) is 11.3 Å². The Bertz CT molecular complexity index is 688. The van der Waals surface area contributed by atoms with Crippen LogP contribution >= 0.6 is 0 Å². The Morgan fingerprint density at radius 3 is 2.95 bits per heavy atom. The van der Waals surface area contributed by atoms with Gasteiger partial charge in [0, 0.05) is 11.8 Å². The minimum absolute atomic E-state index is 0.280. The van der Waals surface area contributed by atoms with E-state index >= 15 is 0 Å². The molecule has 1 aromatic heterocycles. The molecule has 1 atom stereocenters. The van der Waals surface area contributed by atoms with E-state index in [2.05, 4.69) is 32.9 Å². The van der Waals surface area contributed by atoms with Gasteiger partial charge in [0.1, 0.15) is 5.69 Å². The highest BCUT2D eigenvalue weighted by molar-refractivity contribution is 5.93. The van der Waals surface area contributed by atoms with Gasteiger partial charge in [0.25, 0.3) is 5.91 Å². The third kappa shape index (κ3) is 3.49. The second-order valence-electron chi connectivity index (χ2n) is 5.30. The van der Waals surface area contributed by atoms with E-state index in [0.717, 1.165) is 30.5 Å². The predicted octanol–water partition coefficient (Wildman–Crippen LogP) is 3.15. The Morgan fingerprint density at radius 1 is 1.32 bits per heavy atom. The van der Waals surface area contributed by atoms with Crippen LogP contribution in [0.5, 0.6) is 0 Å². The number of rotatable bonds is 4. The standard InChI is InChI=1S/C17H18N4O/c22-17(21-18-12-13-7-3-1-4-8-13)16-11-15(19-20-16)14-9-5-2-6-10-14/h1-3,5-6,9-13H,4,7-8H2,(H,19,20)(H,21,22)/b18-12-/t13-/m0/s1. The number of hydrazone groups is 1. The van der Waals surface area contributed by atoms with Gasteiger partial charge < -0.3 is 0 Å². The van der Waals surface area contributed by atoms with E-state index in [1.165, 1.54) is 0 Å². The third-order valence-corrected chi connectivity index (χ3v) is 3.65. The largest absolute Gasteiger partial charge is 0.289 e. The highest BCUT2D eigenvalue weighted by Gasteiger charge is 2.11. The fourth-order valence-corrected chi connectivity index (χ4v) is 2.41. The molecular formula is C17H18N4O. The molecule has 0 aliphatic heterocycles. The maximum atomic E-state index is 12.0. The maximum Gasteiger partial charge on any atom is 0.289 e. The summed E-state index contributed by atoms with van der Waals surface area (Å²) in [5.74, 6) is 0.129. The van der Waals surface area contributed by atoms with Crippen LogP contribution in [0.4, 0.5) is 0 Å². The van der Waals surface area contributed by atoms with Crippen LogP contribution in [0, 0.1) is 5.92 Å². The number of H-pyrrole nitrogens is 1. The van der Waals surface area contributed by atoms with Crippen LogP contribution in [0.25, 0.3) is 11.3 Å². The summed E-state index contributed by atoms with van der Waals surface area (Å²) in [4.78, 5) is 12.0. The second-order valence-corrected chi connectivity index (χ2v) is 5.30. The zero-order valence-electron chi connectivity index (χ0n) is 12.2. The smallest absolute Gasteiger partial charge is 0.272 e. The predicted molar refractivity (Wildman–Crippen MR) is 86.5 cm³/mol. The molecule has 3 rings (SSSR count). The molecule has 0 spiro atoms. The van der Waals surface area contributed by atoms with Crippen molar-refractivity contribution in [3.05, 3.63) is 54.2 Å². The Morgan fingerprint density at radius 2 is 2.18 bits per heavy atom. The molecule has 5 heteroatoms. The lowest BCUT2D eigenvalue weighted by Gasteiger charge is -2.11. The molecule has 0 radical (unpaired) electrons. The number of allylic oxidation sites excluding steroid dienone is 2. The summed E-state index contributed by atoms with van der Waals surface area (Å²) in [5, 5.41) is 11.0. The number of carbonyl (C=O) groups excluding carboxylic acids is 1. The van der Waals surface area contributed by atoms with Gasteiger partial charge in [-0.05, 0) is 31.2 Å². The van der Waals surface area contributed by atoms with Crippen molar-refractivity contribution < 1.29 is 4.79 Å². The van der Waals surface area contributed by atoms with E-state index in [0.29, 0.717) is 11.6 Å². The van der Waals surface area contributed by atoms with Crippen LogP contribution < -0.4 is 5.43 Å². The van der Waals surface area contributed by atoms with E-state index in [1.54, 1.807) is 6.07 Å². The van der Waals surface area contributed by atoms with Gasteiger partial charge in [-0.3, -0.25) is 9.89 Å². The molecular weight excluding hydrogens is 276 g/mol. The number of hydrogen-bond donors (Lipinski definition) is 2. The molecule has 1 amide bonds. The van der Waals surface area contributed by atoms with Crippen LogP contribution in [0.3, 0.4) is 0 Å². The highest BCUT2D eigenvalue weighted by Crippen LogP contribution is 2.17. The van der Waals surface area contributed by atoms with Gasteiger partial charge in [0.05, 0.1) is 5.69 Å². The lowest BCUT2D eigenvalue weighted by molar-refractivity contribution is 0.0950. The molecule has 2 aromatic rings. The number of nitrogens with zero attached hydrogens (tertiary/aromatic N) is 2. The molecule has 2 N–H and O–H groups in total. The Labute approximate surface area is 129 Å². The Balaban J connectivity index is 1.60. The van der Waals surface area contributed by atoms with Crippen LogP contribution in [0.2, 0.25) is 0 Å². The molecule has 22 heavy (non-hydrogen) atoms. The molecule has 0 fully saturated rings. The Kier molecular flexibility index (Phi) is 4.44. The zero-order valence-corrected chi connectivity index (χ0v) is 12.2. The van der Waals surface area contributed by atoms with Gasteiger partial charge in [-0.25, -0.2) is 5.43 Å². The molecule has 1 aliphatic carbocycles. The summed E-state index contributed by atoms with van der Waals surface area (Å²) in [5.41, 5.74) is 4.66. The topological polar surface area (TPSA) is 70.1 Å². The van der Waals surface area contributed by atoms with Crippen LogP contribution in [0.1, 0.15) is 29.8 Å². The van der Waals surface area contributed by atoms with Crippen LogP contribution in [-0.2, 0) is 0 Å². The Hall–Kier alpha value is -2.69. The average molecular weight is 294 g/mol. The summed E-state index contributed by atoms with van der Waals surface area (Å²) in [6.45, 7) is 0. The first kappa shape index (κ1) is 14.3. The lowest BCUT2D eigenvalue weighted by Crippen LogP contribution is -2.19. The van der Waals surface area contributed by atoms with E-state index in [1.807, 2.05) is 36.5 Å². The molecule has 0 saturated heterocycles. The molecule has 0 unspecified atom stereocenters. The maximum absolute atomic E-state index is 12.0. The third-order valence-electron chi connectivity index (χ3n) is 3.65. The molecule has 1 aliphatic rings. The van der Waals surface area contributed by atoms with Gasteiger partial charge in [-0.2, -0.15) is 10.2 Å². The van der Waals surface area contributed by atoms with Gasteiger partial charge in [0.15, 0.2) is 0 Å². The lowest BCUT2D eigenvalue weighted by atomic mass is 9.96. The SMILES string of the molecule is O=C(N/N=C\[C@H]1CC=CCC1)c1cc(-c2ccccc2)n[nH]1. The van der Waals surface area contributed by atoms with Crippen molar-refractivity contribution in [3.63, 3.8) is 0 Å². The minimum atomic E-state index is -0.280. The minimum Gasteiger partial charge on any atom is -0.272 e. The number of aromatic amines is 1. The number of nitrogens with one attached hydrogen (secondary N) is 2. The first-order valence-corrected chi connectivity index (χ1v) is 7.42. The quantitative estimate of drug-likeness (QED) is 0.516. The number of carbonyl (C=O) groups is 1. The summed E-state index contributed by atoms with van der Waals surface area (Å²) in [7, 11) is 0. The van der Waals surface area contributed by atoms with Crippen molar-refractivity contribution in [2.45, 2.75) is 19.3 Å². The first-order valence-electron chi connectivity index (χ1n) is 7.42. The van der Waals surface area contributed by atoms with Crippen LogP contribution in [-0.4, -0.2) is 22.3 Å². The van der Waals surface area contributed by atoms with Crippen molar-refractivity contribution in [1.82, 2.24) is 15.6 Å². The zero-order chi connectivity index (χ0) is 15.2. The number of benzene rings is 1. The first-order chi connectivity index (χ1) is 10.8. The van der Waals surface area contributed by atoms with E-state index < -0.39 is 0 Å². The molecule has 1 aromatic carbocycles. The number of amides is 1. The van der Waals surface area contributed by atoms with Crippen LogP contribution in [0.15, 0.2) is 53.7 Å². The van der Waals surface area contributed by atoms with Gasteiger partial charge in [-0.15, -0.1) is 0 Å². The fraction of sp³-hybridized carbons (Fsp3) is 0.235. The normalized spacial score (nSPS) is 17.7. The highest BCUT2D eigenvalue weighted by atomic mass is 16.2. The monoisotopic (exact) mass is 294 g/mol. The number of aromatic nitrogens is 2. The molecule has 0 saturated carbocycles. The molecule has 0 bridgehead atoms. The summed E-state index contributed by atoms with van der Waals surface area (Å²) in [6.07, 6.45) is 9.29. The fourth-order valence-electron chi connectivity index (χ4n) is 2.41. The van der Waals surface area contributed by atoms with Crippen molar-refractivity contribution in [2.75, 3.05) is 0 Å². The van der Waals surface area contributed by atoms with Crippen molar-refractivity contribution in [2.24, 2.45) is 11.0 Å². The molecule has 5 nitrogen and oxygen atoms in total. The molecule has 1 heterocycles. The average Bonchev–Trinajstić information content (AvgIpc) is 3.07. The van der Waals surface area contributed by atoms with E-state index in [-0.39, 0.29) is 5.91 Å². The van der Waals surface area contributed by atoms with Gasteiger partial charge in [0.2, 0.25) is 0 Å². The van der Waals surface area contributed by atoms with Gasteiger partial charge in [-0.1, -0.05) is 42.5 Å². The number of hydrogen-bond acceptors (Lipinski definition) is 3. The van der Waals surface area contributed by atoms with E-state index in [4.69, 9.17) is 0 Å². The summed E-state index contributed by atoms with van der Waals surface area (Å²) >= 11 is 0. The summed E-state index contributed by atoms with van der Waals surface area (Å²) in [6, 6.07) is 11.4. The van der Waals surface area contributed by atoms with E-state index in [9.17, 15) is 4.79 Å². The van der Waals surface area contributed by atoms with Crippen molar-refractivity contribution in [1.29, 1.82) is 0 Å². The molecule has 112 valence electrons. The second kappa shape index (κ2) is 6.85. The van der Waals surface area contributed by atoms with Crippen molar-refractivity contribution >= 4 is 12.1 Å².